The van der Waals surface area contributed by atoms with Crippen molar-refractivity contribution in [2.75, 3.05) is 7.11 Å². The number of nitrogens with one attached hydrogen (secondary N) is 1. The standard InChI is InChI=1S/C21H25N3O5S3/c1-14-9-11-16(12-10-14)32(27,28)22-19(25)24(26)18-21(2,3)31-20(30)23(18)13-15-7-5-6-8-17(15)29-4/h5-12,18,26H,13H2,1-4H3,(H,22,25). The van der Waals surface area contributed by atoms with E-state index in [4.69, 9.17) is 17.0 Å². The van der Waals surface area contributed by atoms with E-state index >= 15 is 0 Å². The lowest BCUT2D eigenvalue weighted by atomic mass is 10.1. The normalized spacial score (nSPS) is 17.8. The average molecular weight is 496 g/mol. The largest absolute Gasteiger partial charge is 0.496 e. The fourth-order valence-corrected chi connectivity index (χ4v) is 6.26. The van der Waals surface area contributed by atoms with Crippen LogP contribution in [-0.2, 0) is 16.6 Å². The summed E-state index contributed by atoms with van der Waals surface area (Å²) in [5.41, 5.74) is 1.69. The van der Waals surface area contributed by atoms with Crippen molar-refractivity contribution in [1.29, 1.82) is 0 Å². The van der Waals surface area contributed by atoms with Crippen LogP contribution in [0.3, 0.4) is 0 Å². The Balaban J connectivity index is 1.86. The van der Waals surface area contributed by atoms with Crippen molar-refractivity contribution >= 4 is 44.4 Å². The first-order valence-corrected chi connectivity index (χ1v) is 12.4. The van der Waals surface area contributed by atoms with E-state index in [2.05, 4.69) is 0 Å². The molecule has 1 saturated heterocycles. The van der Waals surface area contributed by atoms with Crippen LogP contribution < -0.4 is 9.46 Å². The molecule has 0 aliphatic carbocycles. The zero-order valence-electron chi connectivity index (χ0n) is 18.1. The molecule has 0 spiro atoms. The van der Waals surface area contributed by atoms with Crippen LogP contribution in [0.5, 0.6) is 5.75 Å². The molecule has 1 unspecified atom stereocenters. The molecule has 0 radical (unpaired) electrons. The van der Waals surface area contributed by atoms with E-state index in [-0.39, 0.29) is 11.4 Å². The zero-order valence-corrected chi connectivity index (χ0v) is 20.6. The number of urea groups is 1. The average Bonchev–Trinajstić information content (AvgIpc) is 2.95. The summed E-state index contributed by atoms with van der Waals surface area (Å²) in [6.07, 6.45) is -0.918. The van der Waals surface area contributed by atoms with Crippen LogP contribution in [0.4, 0.5) is 4.79 Å². The number of hydrogen-bond acceptors (Lipinski definition) is 7. The van der Waals surface area contributed by atoms with Crippen molar-refractivity contribution in [1.82, 2.24) is 14.7 Å². The highest BCUT2D eigenvalue weighted by Gasteiger charge is 2.49. The molecule has 1 heterocycles. The van der Waals surface area contributed by atoms with Gasteiger partial charge in [-0.1, -0.05) is 59.9 Å². The molecule has 1 aliphatic rings. The van der Waals surface area contributed by atoms with Gasteiger partial charge in [0.25, 0.3) is 10.0 Å². The number of carbonyl (C=O) groups is 1. The summed E-state index contributed by atoms with van der Waals surface area (Å²) in [6, 6.07) is 12.2. The third kappa shape index (κ3) is 5.01. The van der Waals surface area contributed by atoms with Gasteiger partial charge in [0.1, 0.15) is 16.2 Å². The lowest BCUT2D eigenvalue weighted by Gasteiger charge is -2.36. The predicted octanol–water partition coefficient (Wildman–Crippen LogP) is 3.73. The molecule has 32 heavy (non-hydrogen) atoms. The van der Waals surface area contributed by atoms with Gasteiger partial charge in [-0.15, -0.1) is 0 Å². The molecular formula is C21H25N3O5S3. The minimum Gasteiger partial charge on any atom is -0.496 e. The number of aryl methyl sites for hydroxylation is 1. The zero-order chi connectivity index (χ0) is 23.7. The third-order valence-electron chi connectivity index (χ3n) is 5.03. The lowest BCUT2D eigenvalue weighted by Crippen LogP contribution is -2.57. The van der Waals surface area contributed by atoms with Crippen molar-refractivity contribution in [3.63, 3.8) is 0 Å². The number of rotatable bonds is 6. The fourth-order valence-electron chi connectivity index (χ4n) is 3.46. The highest BCUT2D eigenvalue weighted by atomic mass is 32.2. The molecule has 8 nitrogen and oxygen atoms in total. The van der Waals surface area contributed by atoms with Gasteiger partial charge >= 0.3 is 6.03 Å². The van der Waals surface area contributed by atoms with Crippen molar-refractivity contribution < 1.29 is 23.2 Å². The molecule has 2 N–H and O–H groups in total. The first kappa shape index (κ1) is 24.3. The summed E-state index contributed by atoms with van der Waals surface area (Å²) in [6.45, 7) is 5.73. The predicted molar refractivity (Wildman–Crippen MR) is 127 cm³/mol. The second-order valence-electron chi connectivity index (χ2n) is 7.85. The number of thioether (sulfide) groups is 1. The van der Waals surface area contributed by atoms with Crippen LogP contribution in [0.2, 0.25) is 0 Å². The second kappa shape index (κ2) is 9.26. The lowest BCUT2D eigenvalue weighted by molar-refractivity contribution is -0.118. The number of methoxy groups -OCH3 is 1. The van der Waals surface area contributed by atoms with E-state index in [9.17, 15) is 18.4 Å². The van der Waals surface area contributed by atoms with Gasteiger partial charge < -0.3 is 9.64 Å². The van der Waals surface area contributed by atoms with Gasteiger partial charge in [0.15, 0.2) is 0 Å². The number of thiocarbonyl (C=S) groups is 1. The SMILES string of the molecule is COc1ccccc1CN1C(=S)SC(C)(C)C1N(O)C(=O)NS(=O)(=O)c1ccc(C)cc1. The van der Waals surface area contributed by atoms with Crippen LogP contribution in [0.25, 0.3) is 0 Å². The number of hydrogen-bond donors (Lipinski definition) is 2. The van der Waals surface area contributed by atoms with Gasteiger partial charge in [-0.2, -0.15) is 5.06 Å². The van der Waals surface area contributed by atoms with Crippen LogP contribution >= 0.6 is 24.0 Å². The fraction of sp³-hybridized carbons (Fsp3) is 0.333. The molecule has 2 aromatic carbocycles. The second-order valence-corrected chi connectivity index (χ2v) is 11.8. The number of para-hydroxylation sites is 1. The van der Waals surface area contributed by atoms with E-state index in [1.807, 2.05) is 43.7 Å². The van der Waals surface area contributed by atoms with Crippen molar-refractivity contribution in [2.45, 2.75) is 43.1 Å². The van der Waals surface area contributed by atoms with Gasteiger partial charge in [0.05, 0.1) is 23.3 Å². The molecule has 3 rings (SSSR count). The van der Waals surface area contributed by atoms with Crippen LogP contribution in [0, 0.1) is 6.92 Å². The van der Waals surface area contributed by atoms with Crippen LogP contribution in [0.15, 0.2) is 53.4 Å². The molecule has 0 aromatic heterocycles. The molecular weight excluding hydrogens is 470 g/mol. The number of amides is 2. The Kier molecular flexibility index (Phi) is 7.03. The van der Waals surface area contributed by atoms with Crippen molar-refractivity contribution in [2.24, 2.45) is 0 Å². The smallest absolute Gasteiger partial charge is 0.357 e. The molecule has 172 valence electrons. The summed E-state index contributed by atoms with van der Waals surface area (Å²) in [5, 5.41) is 11.2. The number of carbonyl (C=O) groups excluding carboxylic acids is 1. The topological polar surface area (TPSA) is 99.2 Å². The quantitative estimate of drug-likeness (QED) is 0.355. The highest BCUT2D eigenvalue weighted by molar-refractivity contribution is 8.24. The Bertz CT molecular complexity index is 1120. The van der Waals surface area contributed by atoms with E-state index in [1.54, 1.807) is 30.2 Å². The van der Waals surface area contributed by atoms with Gasteiger partial charge in [0.2, 0.25) is 0 Å². The monoisotopic (exact) mass is 495 g/mol. The minimum absolute atomic E-state index is 0.0775. The summed E-state index contributed by atoms with van der Waals surface area (Å²) in [5.74, 6) is 0.639. The number of benzene rings is 2. The first-order valence-electron chi connectivity index (χ1n) is 9.69. The molecule has 0 bridgehead atoms. The Morgan fingerprint density at radius 1 is 1.25 bits per heavy atom. The summed E-state index contributed by atoms with van der Waals surface area (Å²) in [7, 11) is -2.61. The molecule has 0 saturated carbocycles. The number of nitrogens with zero attached hydrogens (tertiary/aromatic N) is 2. The molecule has 2 amide bonds. The van der Waals surface area contributed by atoms with Gasteiger partial charge in [-0.25, -0.2) is 17.9 Å². The minimum atomic E-state index is -4.17. The Labute approximate surface area is 197 Å². The Morgan fingerprint density at radius 2 is 1.88 bits per heavy atom. The highest BCUT2D eigenvalue weighted by Crippen LogP contribution is 2.43. The third-order valence-corrected chi connectivity index (χ3v) is 7.99. The summed E-state index contributed by atoms with van der Waals surface area (Å²) in [4.78, 5) is 14.4. The van der Waals surface area contributed by atoms with Gasteiger partial charge in [-0.05, 0) is 39.0 Å². The van der Waals surface area contributed by atoms with Gasteiger partial charge in [-0.3, -0.25) is 5.21 Å². The van der Waals surface area contributed by atoms with Crippen LogP contribution in [0.1, 0.15) is 25.0 Å². The van der Waals surface area contributed by atoms with Crippen molar-refractivity contribution in [3.8, 4) is 5.75 Å². The van der Waals surface area contributed by atoms with Gasteiger partial charge in [0, 0.05) is 5.56 Å². The maximum absolute atomic E-state index is 12.8. The summed E-state index contributed by atoms with van der Waals surface area (Å²) < 4.78 is 32.3. The van der Waals surface area contributed by atoms with Crippen LogP contribution in [-0.4, -0.2) is 52.0 Å². The number of hydroxylamine groups is 2. The maximum Gasteiger partial charge on any atom is 0.357 e. The number of ether oxygens (including phenoxy) is 1. The molecule has 1 aliphatic heterocycles. The summed E-state index contributed by atoms with van der Waals surface area (Å²) >= 11 is 6.83. The molecule has 1 fully saturated rings. The first-order chi connectivity index (χ1) is 15.0. The van der Waals surface area contributed by atoms with E-state index in [0.717, 1.165) is 11.1 Å². The molecule has 2 aromatic rings. The maximum atomic E-state index is 12.8. The molecule has 11 heteroatoms. The van der Waals surface area contributed by atoms with Crippen molar-refractivity contribution in [3.05, 3.63) is 59.7 Å². The van der Waals surface area contributed by atoms with E-state index in [1.165, 1.54) is 23.9 Å². The Morgan fingerprint density at radius 3 is 2.50 bits per heavy atom. The van der Waals surface area contributed by atoms with E-state index in [0.29, 0.717) is 15.1 Å². The van der Waals surface area contributed by atoms with E-state index < -0.39 is 27.0 Å². The Hall–Kier alpha value is -2.34. The number of sulfonamides is 1. The molecule has 1 atom stereocenters.